The molecule has 206 valence electrons. The number of benzene rings is 1. The van der Waals surface area contributed by atoms with E-state index in [1.54, 1.807) is 17.2 Å². The van der Waals surface area contributed by atoms with Crippen LogP contribution in [0.1, 0.15) is 91.0 Å². The van der Waals surface area contributed by atoms with E-state index in [2.05, 4.69) is 10.00 Å². The van der Waals surface area contributed by atoms with Crippen LogP contribution in [0.3, 0.4) is 0 Å². The summed E-state index contributed by atoms with van der Waals surface area (Å²) in [6.07, 6.45) is 1.51. The summed E-state index contributed by atoms with van der Waals surface area (Å²) in [7, 11) is 0. The van der Waals surface area contributed by atoms with Gasteiger partial charge in [-0.15, -0.1) is 0 Å². The van der Waals surface area contributed by atoms with Gasteiger partial charge in [0.2, 0.25) is 5.91 Å². The zero-order valence-corrected chi connectivity index (χ0v) is 22.0. The molecule has 3 fully saturated rings. The van der Waals surface area contributed by atoms with Crippen molar-refractivity contribution >= 4 is 11.8 Å². The first-order valence-corrected chi connectivity index (χ1v) is 13.5. The Morgan fingerprint density at radius 2 is 1.68 bits per heavy atom. The number of nitrogens with two attached hydrogens (primary N) is 1. The quantitative estimate of drug-likeness (QED) is 0.568. The number of piperidine rings is 1. The lowest BCUT2D eigenvalue weighted by atomic mass is 9.90. The fourth-order valence-corrected chi connectivity index (χ4v) is 6.03. The van der Waals surface area contributed by atoms with Gasteiger partial charge in [0.15, 0.2) is 0 Å². The van der Waals surface area contributed by atoms with Crippen molar-refractivity contribution in [3.8, 4) is 0 Å². The zero-order valence-electron chi connectivity index (χ0n) is 22.0. The second kappa shape index (κ2) is 10.0. The number of nitrogens with zero attached hydrogens (tertiary/aromatic N) is 4. The maximum atomic E-state index is 13.6. The van der Waals surface area contributed by atoms with Gasteiger partial charge < -0.3 is 15.5 Å². The summed E-state index contributed by atoms with van der Waals surface area (Å²) < 4.78 is 42.8. The molecule has 1 aliphatic carbocycles. The van der Waals surface area contributed by atoms with Crippen molar-refractivity contribution in [2.45, 2.75) is 70.0 Å². The lowest BCUT2D eigenvalue weighted by Crippen LogP contribution is -2.45. The molecule has 2 amide bonds. The molecule has 0 spiro atoms. The Kier molecular flexibility index (Phi) is 7.04. The molecule has 7 nitrogen and oxygen atoms in total. The van der Waals surface area contributed by atoms with E-state index in [1.807, 2.05) is 18.5 Å². The van der Waals surface area contributed by atoms with Crippen molar-refractivity contribution in [3.05, 3.63) is 52.8 Å². The molecule has 2 saturated heterocycles. The molecule has 1 aromatic heterocycles. The van der Waals surface area contributed by atoms with E-state index >= 15 is 0 Å². The molecule has 2 aromatic rings. The van der Waals surface area contributed by atoms with Crippen molar-refractivity contribution < 1.29 is 22.8 Å². The standard InChI is InChI=1S/C28H36F3N5O2/c1-27(2,26(32)38)17-34-12-10-20(11-13-34)36-24(18-7-8-18)22(15-33-36)25(37)35-14-9-19(16-35)21-5-3-4-6-23(21)28(29,30)31/h3-6,15,18-20H,7-14,16-17H2,1-2H3,(H2,32,38)/t19-/m1/s1. The van der Waals surface area contributed by atoms with Crippen LogP contribution >= 0.6 is 0 Å². The summed E-state index contributed by atoms with van der Waals surface area (Å²) in [4.78, 5) is 29.3. The first kappa shape index (κ1) is 26.7. The highest BCUT2D eigenvalue weighted by Crippen LogP contribution is 2.44. The number of aromatic nitrogens is 2. The van der Waals surface area contributed by atoms with E-state index in [-0.39, 0.29) is 35.9 Å². The number of carbonyl (C=O) groups is 2. The molecule has 1 saturated carbocycles. The number of hydrogen-bond donors (Lipinski definition) is 1. The van der Waals surface area contributed by atoms with Crippen LogP contribution in [0.5, 0.6) is 0 Å². The van der Waals surface area contributed by atoms with Gasteiger partial charge in [-0.1, -0.05) is 18.2 Å². The Balaban J connectivity index is 1.29. The SMILES string of the molecule is CC(C)(CN1CCC(n2ncc(C(=O)N3CC[C@@H](c4ccccc4C(F)(F)F)C3)c2C2CC2)CC1)C(N)=O. The number of primary amides is 1. The lowest BCUT2D eigenvalue weighted by molar-refractivity contribution is -0.138. The predicted molar refractivity (Wildman–Crippen MR) is 137 cm³/mol. The number of alkyl halides is 3. The van der Waals surface area contributed by atoms with Gasteiger partial charge in [-0.05, 0) is 57.6 Å². The van der Waals surface area contributed by atoms with Crippen LogP contribution in [0, 0.1) is 5.41 Å². The average molecular weight is 532 g/mol. The molecule has 38 heavy (non-hydrogen) atoms. The lowest BCUT2D eigenvalue weighted by Gasteiger charge is -2.36. The first-order chi connectivity index (χ1) is 18.0. The van der Waals surface area contributed by atoms with Crippen LogP contribution in [0.2, 0.25) is 0 Å². The van der Waals surface area contributed by atoms with E-state index in [0.29, 0.717) is 31.0 Å². The summed E-state index contributed by atoms with van der Waals surface area (Å²) in [5.74, 6) is -0.486. The molecular formula is C28H36F3N5O2. The van der Waals surface area contributed by atoms with Crippen LogP contribution in [-0.2, 0) is 11.0 Å². The zero-order chi connectivity index (χ0) is 27.2. The number of rotatable bonds is 7. The van der Waals surface area contributed by atoms with Gasteiger partial charge in [0, 0.05) is 44.6 Å². The maximum absolute atomic E-state index is 13.6. The summed E-state index contributed by atoms with van der Waals surface area (Å²) >= 11 is 0. The molecule has 0 radical (unpaired) electrons. The smallest absolute Gasteiger partial charge is 0.369 e. The Morgan fingerprint density at radius 3 is 2.32 bits per heavy atom. The van der Waals surface area contributed by atoms with Gasteiger partial charge in [0.1, 0.15) is 0 Å². The van der Waals surface area contributed by atoms with Gasteiger partial charge in [-0.2, -0.15) is 18.3 Å². The van der Waals surface area contributed by atoms with Gasteiger partial charge in [-0.3, -0.25) is 14.3 Å². The molecule has 10 heteroatoms. The largest absolute Gasteiger partial charge is 0.416 e. The minimum absolute atomic E-state index is 0.134. The van der Waals surface area contributed by atoms with Crippen LogP contribution in [0.25, 0.3) is 0 Å². The highest BCUT2D eigenvalue weighted by atomic mass is 19.4. The summed E-state index contributed by atoms with van der Waals surface area (Å²) in [6, 6.07) is 5.86. The predicted octanol–water partition coefficient (Wildman–Crippen LogP) is 4.56. The third-order valence-corrected chi connectivity index (χ3v) is 8.40. The Bertz CT molecular complexity index is 1200. The minimum Gasteiger partial charge on any atom is -0.369 e. The van der Waals surface area contributed by atoms with Gasteiger partial charge in [0.05, 0.1) is 34.5 Å². The van der Waals surface area contributed by atoms with Crippen LogP contribution in [-0.4, -0.2) is 64.1 Å². The third-order valence-electron chi connectivity index (χ3n) is 8.40. The van der Waals surface area contributed by atoms with E-state index in [4.69, 9.17) is 5.73 Å². The second-order valence-electron chi connectivity index (χ2n) is 11.7. The Morgan fingerprint density at radius 1 is 1.00 bits per heavy atom. The average Bonchev–Trinajstić information content (AvgIpc) is 3.41. The van der Waals surface area contributed by atoms with E-state index in [1.165, 1.54) is 12.1 Å². The number of amides is 2. The summed E-state index contributed by atoms with van der Waals surface area (Å²) in [5, 5.41) is 4.67. The molecule has 1 atom stereocenters. The molecule has 1 aromatic carbocycles. The molecule has 0 unspecified atom stereocenters. The monoisotopic (exact) mass is 531 g/mol. The van der Waals surface area contributed by atoms with Gasteiger partial charge in [0.25, 0.3) is 5.91 Å². The number of halogens is 3. The number of carbonyl (C=O) groups excluding carboxylic acids is 2. The Labute approximate surface area is 221 Å². The fraction of sp³-hybridized carbons (Fsp3) is 0.607. The van der Waals surface area contributed by atoms with Crippen molar-refractivity contribution in [1.82, 2.24) is 19.6 Å². The molecular weight excluding hydrogens is 495 g/mol. The van der Waals surface area contributed by atoms with E-state index < -0.39 is 17.2 Å². The molecule has 2 aliphatic heterocycles. The van der Waals surface area contributed by atoms with Crippen LogP contribution in [0.15, 0.2) is 30.5 Å². The highest BCUT2D eigenvalue weighted by Gasteiger charge is 2.40. The highest BCUT2D eigenvalue weighted by molar-refractivity contribution is 5.95. The number of likely N-dealkylation sites (tertiary alicyclic amines) is 2. The molecule has 3 heterocycles. The van der Waals surface area contributed by atoms with Crippen molar-refractivity contribution in [2.75, 3.05) is 32.7 Å². The van der Waals surface area contributed by atoms with Gasteiger partial charge >= 0.3 is 6.18 Å². The molecule has 0 bridgehead atoms. The van der Waals surface area contributed by atoms with Crippen molar-refractivity contribution in [2.24, 2.45) is 11.1 Å². The van der Waals surface area contributed by atoms with Crippen LogP contribution in [0.4, 0.5) is 13.2 Å². The van der Waals surface area contributed by atoms with E-state index in [9.17, 15) is 22.8 Å². The van der Waals surface area contributed by atoms with Crippen molar-refractivity contribution in [3.63, 3.8) is 0 Å². The normalized spacial score (nSPS) is 21.7. The fourth-order valence-electron chi connectivity index (χ4n) is 6.03. The number of hydrogen-bond acceptors (Lipinski definition) is 4. The van der Waals surface area contributed by atoms with Gasteiger partial charge in [-0.25, -0.2) is 0 Å². The molecule has 2 N–H and O–H groups in total. The molecule has 3 aliphatic rings. The summed E-state index contributed by atoms with van der Waals surface area (Å²) in [6.45, 7) is 6.68. The first-order valence-electron chi connectivity index (χ1n) is 13.5. The minimum atomic E-state index is -4.42. The maximum Gasteiger partial charge on any atom is 0.416 e. The van der Waals surface area contributed by atoms with Crippen molar-refractivity contribution in [1.29, 1.82) is 0 Å². The summed E-state index contributed by atoms with van der Waals surface area (Å²) in [5.41, 5.74) is 6.18. The second-order valence-corrected chi connectivity index (χ2v) is 11.7. The third kappa shape index (κ3) is 5.32. The van der Waals surface area contributed by atoms with E-state index in [0.717, 1.165) is 50.5 Å². The topological polar surface area (TPSA) is 84.5 Å². The Hall–Kier alpha value is -2.88. The van der Waals surface area contributed by atoms with Crippen LogP contribution < -0.4 is 5.73 Å². The molecule has 5 rings (SSSR count).